The summed E-state index contributed by atoms with van der Waals surface area (Å²) in [4.78, 5) is 18.3. The fourth-order valence-corrected chi connectivity index (χ4v) is 2.95. The Morgan fingerprint density at radius 1 is 1.33 bits per heavy atom. The van der Waals surface area contributed by atoms with Crippen LogP contribution in [0.4, 0.5) is 0 Å². The third-order valence-corrected chi connectivity index (χ3v) is 4.23. The molecule has 0 radical (unpaired) electrons. The first-order chi connectivity index (χ1) is 10.0. The molecule has 0 aliphatic carbocycles. The minimum absolute atomic E-state index is 0.159. The van der Waals surface area contributed by atoms with E-state index in [0.717, 1.165) is 18.9 Å². The maximum atomic E-state index is 12.0. The molecule has 21 heavy (non-hydrogen) atoms. The largest absolute Gasteiger partial charge is 0.352 e. The molecule has 1 aliphatic rings. The van der Waals surface area contributed by atoms with Crippen molar-refractivity contribution in [2.45, 2.75) is 26.2 Å². The standard InChI is InChI=1S/C15H21Cl2N3O/c1-11-3-7-20(8-4-11)6-2-5-18-15(21)12-9-13(16)19-14(17)10-12/h9-11H,2-8H2,1H3,(H,18,21). The van der Waals surface area contributed by atoms with Crippen molar-refractivity contribution in [3.05, 3.63) is 28.0 Å². The molecule has 1 saturated heterocycles. The van der Waals surface area contributed by atoms with Gasteiger partial charge in [-0.3, -0.25) is 4.79 Å². The first kappa shape index (κ1) is 16.5. The van der Waals surface area contributed by atoms with Gasteiger partial charge in [-0.15, -0.1) is 0 Å². The number of carbonyl (C=O) groups excluding carboxylic acids is 1. The number of hydrogen-bond donors (Lipinski definition) is 1. The monoisotopic (exact) mass is 329 g/mol. The number of aromatic nitrogens is 1. The summed E-state index contributed by atoms with van der Waals surface area (Å²) in [7, 11) is 0. The van der Waals surface area contributed by atoms with Crippen LogP contribution in [0.3, 0.4) is 0 Å². The van der Waals surface area contributed by atoms with Crippen LogP contribution in [-0.2, 0) is 0 Å². The lowest BCUT2D eigenvalue weighted by atomic mass is 9.99. The second-order valence-electron chi connectivity index (χ2n) is 5.63. The van der Waals surface area contributed by atoms with Crippen LogP contribution in [0, 0.1) is 5.92 Å². The maximum absolute atomic E-state index is 12.0. The minimum atomic E-state index is -0.159. The average molecular weight is 330 g/mol. The number of nitrogens with one attached hydrogen (secondary N) is 1. The van der Waals surface area contributed by atoms with Crippen molar-refractivity contribution < 1.29 is 4.79 Å². The molecule has 2 rings (SSSR count). The molecule has 2 heterocycles. The number of amides is 1. The van der Waals surface area contributed by atoms with Crippen molar-refractivity contribution in [1.29, 1.82) is 0 Å². The molecule has 1 amide bonds. The number of nitrogens with zero attached hydrogens (tertiary/aromatic N) is 2. The van der Waals surface area contributed by atoms with Crippen LogP contribution in [0.25, 0.3) is 0 Å². The van der Waals surface area contributed by atoms with Gasteiger partial charge in [0.05, 0.1) is 0 Å². The quantitative estimate of drug-likeness (QED) is 0.666. The van der Waals surface area contributed by atoms with Crippen LogP contribution in [0.1, 0.15) is 36.5 Å². The van der Waals surface area contributed by atoms with Crippen LogP contribution in [0.2, 0.25) is 10.3 Å². The van der Waals surface area contributed by atoms with E-state index in [1.807, 2.05) is 0 Å². The lowest BCUT2D eigenvalue weighted by Crippen LogP contribution is -2.35. The number of carbonyl (C=O) groups is 1. The second kappa shape index (κ2) is 7.97. The molecule has 1 aromatic rings. The summed E-state index contributed by atoms with van der Waals surface area (Å²) in [5.41, 5.74) is 0.451. The Hall–Kier alpha value is -0.840. The fourth-order valence-electron chi connectivity index (χ4n) is 2.49. The summed E-state index contributed by atoms with van der Waals surface area (Å²) in [5, 5.41) is 3.35. The number of piperidine rings is 1. The van der Waals surface area contributed by atoms with E-state index in [-0.39, 0.29) is 16.2 Å². The van der Waals surface area contributed by atoms with Crippen LogP contribution >= 0.6 is 23.2 Å². The first-order valence-corrected chi connectivity index (χ1v) is 8.14. The van der Waals surface area contributed by atoms with Crippen molar-refractivity contribution in [2.24, 2.45) is 5.92 Å². The number of halogens is 2. The Morgan fingerprint density at radius 2 is 1.95 bits per heavy atom. The summed E-state index contributed by atoms with van der Waals surface area (Å²) in [6.45, 7) is 6.34. The van der Waals surface area contributed by atoms with E-state index in [2.05, 4.69) is 22.1 Å². The molecule has 0 saturated carbocycles. The van der Waals surface area contributed by atoms with Crippen LogP contribution in [0.5, 0.6) is 0 Å². The Balaban J connectivity index is 1.69. The van der Waals surface area contributed by atoms with Gasteiger partial charge >= 0.3 is 0 Å². The molecule has 1 fully saturated rings. The smallest absolute Gasteiger partial charge is 0.251 e. The predicted octanol–water partition coefficient (Wildman–Crippen LogP) is 3.24. The highest BCUT2D eigenvalue weighted by molar-refractivity contribution is 6.33. The van der Waals surface area contributed by atoms with Gasteiger partial charge < -0.3 is 10.2 Å². The van der Waals surface area contributed by atoms with Crippen LogP contribution in [-0.4, -0.2) is 42.0 Å². The molecule has 4 nitrogen and oxygen atoms in total. The minimum Gasteiger partial charge on any atom is -0.352 e. The van der Waals surface area contributed by atoms with Gasteiger partial charge in [-0.05, 0) is 56.9 Å². The zero-order chi connectivity index (χ0) is 15.2. The van der Waals surface area contributed by atoms with Crippen molar-refractivity contribution in [1.82, 2.24) is 15.2 Å². The topological polar surface area (TPSA) is 45.2 Å². The number of likely N-dealkylation sites (tertiary alicyclic amines) is 1. The molecule has 1 N–H and O–H groups in total. The summed E-state index contributed by atoms with van der Waals surface area (Å²) < 4.78 is 0. The van der Waals surface area contributed by atoms with Crippen molar-refractivity contribution in [2.75, 3.05) is 26.2 Å². The number of pyridine rings is 1. The summed E-state index contributed by atoms with van der Waals surface area (Å²) in [6, 6.07) is 3.05. The van der Waals surface area contributed by atoms with Gasteiger partial charge in [-0.25, -0.2) is 4.98 Å². The van der Waals surface area contributed by atoms with E-state index in [4.69, 9.17) is 23.2 Å². The van der Waals surface area contributed by atoms with E-state index >= 15 is 0 Å². The zero-order valence-electron chi connectivity index (χ0n) is 12.2. The summed E-state index contributed by atoms with van der Waals surface area (Å²) >= 11 is 11.6. The van der Waals surface area contributed by atoms with Crippen molar-refractivity contribution >= 4 is 29.1 Å². The van der Waals surface area contributed by atoms with Gasteiger partial charge in [0.25, 0.3) is 5.91 Å². The van der Waals surface area contributed by atoms with Crippen molar-refractivity contribution in [3.63, 3.8) is 0 Å². The molecule has 0 unspecified atom stereocenters. The SMILES string of the molecule is CC1CCN(CCCNC(=O)c2cc(Cl)nc(Cl)c2)CC1. The third-order valence-electron chi connectivity index (χ3n) is 3.84. The Bertz CT molecular complexity index is 468. The van der Waals surface area contributed by atoms with E-state index in [1.165, 1.54) is 38.1 Å². The van der Waals surface area contributed by atoms with Crippen LogP contribution in [0.15, 0.2) is 12.1 Å². The molecule has 1 aliphatic heterocycles. The van der Waals surface area contributed by atoms with Crippen LogP contribution < -0.4 is 5.32 Å². The van der Waals surface area contributed by atoms with E-state index in [1.54, 1.807) is 0 Å². The lowest BCUT2D eigenvalue weighted by molar-refractivity contribution is 0.0950. The first-order valence-electron chi connectivity index (χ1n) is 7.38. The molecule has 116 valence electrons. The lowest BCUT2D eigenvalue weighted by Gasteiger charge is -2.30. The number of rotatable bonds is 5. The highest BCUT2D eigenvalue weighted by Crippen LogP contribution is 2.16. The van der Waals surface area contributed by atoms with Crippen molar-refractivity contribution in [3.8, 4) is 0 Å². The van der Waals surface area contributed by atoms with E-state index in [0.29, 0.717) is 12.1 Å². The van der Waals surface area contributed by atoms with Gasteiger partial charge in [0, 0.05) is 12.1 Å². The normalized spacial score (nSPS) is 16.9. The third kappa shape index (κ3) is 5.46. The predicted molar refractivity (Wildman–Crippen MR) is 86.0 cm³/mol. The highest BCUT2D eigenvalue weighted by atomic mass is 35.5. The highest BCUT2D eigenvalue weighted by Gasteiger charge is 2.15. The number of hydrogen-bond acceptors (Lipinski definition) is 3. The molecule has 6 heteroatoms. The molecule has 0 bridgehead atoms. The molecular formula is C15H21Cl2N3O. The fraction of sp³-hybridized carbons (Fsp3) is 0.600. The van der Waals surface area contributed by atoms with E-state index < -0.39 is 0 Å². The Labute approximate surface area is 135 Å². The molecule has 0 aromatic carbocycles. The summed E-state index contributed by atoms with van der Waals surface area (Å²) in [5.74, 6) is 0.690. The molecule has 1 aromatic heterocycles. The van der Waals surface area contributed by atoms with E-state index in [9.17, 15) is 4.79 Å². The van der Waals surface area contributed by atoms with Gasteiger partial charge in [0.1, 0.15) is 10.3 Å². The Morgan fingerprint density at radius 3 is 2.57 bits per heavy atom. The van der Waals surface area contributed by atoms with Gasteiger partial charge in [-0.1, -0.05) is 30.1 Å². The second-order valence-corrected chi connectivity index (χ2v) is 6.41. The molecular weight excluding hydrogens is 309 g/mol. The average Bonchev–Trinajstić information content (AvgIpc) is 2.44. The Kier molecular flexibility index (Phi) is 6.27. The molecule has 0 atom stereocenters. The van der Waals surface area contributed by atoms with Gasteiger partial charge in [0.2, 0.25) is 0 Å². The van der Waals surface area contributed by atoms with Gasteiger partial charge in [-0.2, -0.15) is 0 Å². The van der Waals surface area contributed by atoms with Gasteiger partial charge in [0.15, 0.2) is 0 Å². The zero-order valence-corrected chi connectivity index (χ0v) is 13.8. The maximum Gasteiger partial charge on any atom is 0.251 e. The summed E-state index contributed by atoms with van der Waals surface area (Å²) in [6.07, 6.45) is 3.51. The molecule has 0 spiro atoms.